The Morgan fingerprint density at radius 3 is 2.90 bits per heavy atom. The second-order valence-corrected chi connectivity index (χ2v) is 7.12. The molecule has 0 bridgehead atoms. The van der Waals surface area contributed by atoms with Crippen LogP contribution in [0.3, 0.4) is 0 Å². The highest BCUT2D eigenvalue weighted by Crippen LogP contribution is 2.26. The Kier molecular flexibility index (Phi) is 4.22. The van der Waals surface area contributed by atoms with Crippen LogP contribution >= 0.6 is 11.3 Å². The third-order valence-electron chi connectivity index (χ3n) is 4.22. The number of hydrogen-bond acceptors (Lipinski definition) is 4. The quantitative estimate of drug-likeness (QED) is 0.928. The molecule has 1 aliphatic rings. The van der Waals surface area contributed by atoms with Gasteiger partial charge in [0.1, 0.15) is 0 Å². The normalized spacial score (nSPS) is 17.1. The molecule has 1 aromatic carbocycles. The summed E-state index contributed by atoms with van der Waals surface area (Å²) in [5, 5.41) is 0.660. The van der Waals surface area contributed by atoms with Crippen LogP contribution in [0.2, 0.25) is 0 Å². The highest BCUT2D eigenvalue weighted by Gasteiger charge is 2.15. The Bertz CT molecular complexity index is 572. The maximum absolute atomic E-state index is 5.76. The lowest BCUT2D eigenvalue weighted by atomic mass is 9.89. The second kappa shape index (κ2) is 6.10. The van der Waals surface area contributed by atoms with Gasteiger partial charge in [-0.2, -0.15) is 0 Å². The van der Waals surface area contributed by atoms with Gasteiger partial charge in [-0.25, -0.2) is 4.98 Å². The molecule has 0 radical (unpaired) electrons. The van der Waals surface area contributed by atoms with Crippen molar-refractivity contribution in [2.45, 2.75) is 38.6 Å². The Morgan fingerprint density at radius 2 is 2.10 bits per heavy atom. The average molecular weight is 289 g/mol. The number of aromatic nitrogens is 1. The van der Waals surface area contributed by atoms with Crippen LogP contribution in [0.4, 0.5) is 5.13 Å². The minimum atomic E-state index is 0.660. The fourth-order valence-electron chi connectivity index (χ4n) is 3.27. The predicted octanol–water partition coefficient (Wildman–Crippen LogP) is 3.89. The number of nitrogens with zero attached hydrogens (tertiary/aromatic N) is 2. The molecular weight excluding hydrogens is 266 g/mol. The van der Waals surface area contributed by atoms with E-state index in [0.29, 0.717) is 5.13 Å². The van der Waals surface area contributed by atoms with Crippen LogP contribution in [0.15, 0.2) is 18.2 Å². The average Bonchev–Trinajstić information content (AvgIpc) is 2.79. The highest BCUT2D eigenvalue weighted by atomic mass is 32.1. The standard InChI is InChI=1S/C16H23N3S/c1-19(10-12-5-3-2-4-6-12)11-13-7-8-14-15(9-13)20-16(17)18-14/h7-9,12H,2-6,10-11H2,1H3,(H2,17,18). The maximum Gasteiger partial charge on any atom is 0.181 e. The Balaban J connectivity index is 1.62. The molecule has 2 N–H and O–H groups in total. The maximum atomic E-state index is 5.76. The van der Waals surface area contributed by atoms with Gasteiger partial charge in [0.15, 0.2) is 5.13 Å². The van der Waals surface area contributed by atoms with E-state index in [1.165, 1.54) is 48.9 Å². The van der Waals surface area contributed by atoms with Gasteiger partial charge in [-0.3, -0.25) is 0 Å². The summed E-state index contributed by atoms with van der Waals surface area (Å²) in [6.45, 7) is 2.24. The van der Waals surface area contributed by atoms with Gasteiger partial charge in [-0.05, 0) is 43.5 Å². The molecule has 0 amide bonds. The number of fused-ring (bicyclic) bond motifs is 1. The summed E-state index contributed by atoms with van der Waals surface area (Å²) in [7, 11) is 2.24. The van der Waals surface area contributed by atoms with Crippen molar-refractivity contribution in [3.8, 4) is 0 Å². The summed E-state index contributed by atoms with van der Waals surface area (Å²) in [6.07, 6.45) is 7.10. The number of nitrogen functional groups attached to an aromatic ring is 1. The van der Waals surface area contributed by atoms with E-state index in [1.54, 1.807) is 11.3 Å². The van der Waals surface area contributed by atoms with Crippen molar-refractivity contribution in [3.63, 3.8) is 0 Å². The highest BCUT2D eigenvalue weighted by molar-refractivity contribution is 7.22. The van der Waals surface area contributed by atoms with Gasteiger partial charge in [0.25, 0.3) is 0 Å². The second-order valence-electron chi connectivity index (χ2n) is 6.05. The number of benzene rings is 1. The summed E-state index contributed by atoms with van der Waals surface area (Å²) in [5.74, 6) is 0.900. The lowest BCUT2D eigenvalue weighted by Gasteiger charge is -2.27. The minimum Gasteiger partial charge on any atom is -0.375 e. The molecule has 0 atom stereocenters. The first kappa shape index (κ1) is 13.8. The molecule has 0 spiro atoms. The molecule has 4 heteroatoms. The van der Waals surface area contributed by atoms with Crippen molar-refractivity contribution in [3.05, 3.63) is 23.8 Å². The Hall–Kier alpha value is -1.13. The van der Waals surface area contributed by atoms with Crippen molar-refractivity contribution in [2.24, 2.45) is 5.92 Å². The zero-order chi connectivity index (χ0) is 13.9. The minimum absolute atomic E-state index is 0.660. The molecule has 0 saturated heterocycles. The van der Waals surface area contributed by atoms with Gasteiger partial charge in [0.2, 0.25) is 0 Å². The van der Waals surface area contributed by atoms with Gasteiger partial charge < -0.3 is 10.6 Å². The first-order valence-electron chi connectivity index (χ1n) is 7.54. The van der Waals surface area contributed by atoms with Crippen LogP contribution in [0.1, 0.15) is 37.7 Å². The SMILES string of the molecule is CN(Cc1ccc2nc(N)sc2c1)CC1CCCCC1. The van der Waals surface area contributed by atoms with Gasteiger partial charge >= 0.3 is 0 Å². The van der Waals surface area contributed by atoms with Crippen molar-refractivity contribution < 1.29 is 0 Å². The molecule has 2 aromatic rings. The molecule has 20 heavy (non-hydrogen) atoms. The van der Waals surface area contributed by atoms with Crippen LogP contribution < -0.4 is 5.73 Å². The molecule has 108 valence electrons. The Labute approximate surface area is 124 Å². The van der Waals surface area contributed by atoms with Crippen molar-refractivity contribution in [1.82, 2.24) is 9.88 Å². The largest absolute Gasteiger partial charge is 0.375 e. The zero-order valence-electron chi connectivity index (χ0n) is 12.1. The van der Waals surface area contributed by atoms with Gasteiger partial charge in [-0.15, -0.1) is 0 Å². The van der Waals surface area contributed by atoms with E-state index < -0.39 is 0 Å². The van der Waals surface area contributed by atoms with Crippen LogP contribution in [0, 0.1) is 5.92 Å². The first-order valence-corrected chi connectivity index (χ1v) is 8.36. The third kappa shape index (κ3) is 3.30. The molecule has 3 nitrogen and oxygen atoms in total. The van der Waals surface area contributed by atoms with Crippen molar-refractivity contribution in [1.29, 1.82) is 0 Å². The third-order valence-corrected chi connectivity index (χ3v) is 5.06. The molecule has 1 aliphatic carbocycles. The van der Waals surface area contributed by atoms with Crippen molar-refractivity contribution in [2.75, 3.05) is 19.3 Å². The fourth-order valence-corrected chi connectivity index (χ4v) is 4.07. The van der Waals surface area contributed by atoms with Gasteiger partial charge in [-0.1, -0.05) is 36.7 Å². The van der Waals surface area contributed by atoms with Crippen LogP contribution in [0.25, 0.3) is 10.2 Å². The monoisotopic (exact) mass is 289 g/mol. The number of thiazole rings is 1. The first-order chi connectivity index (χ1) is 9.70. The summed E-state index contributed by atoms with van der Waals surface area (Å²) >= 11 is 1.58. The molecule has 1 heterocycles. The molecule has 3 rings (SSSR count). The number of rotatable bonds is 4. The van der Waals surface area contributed by atoms with Crippen molar-refractivity contribution >= 4 is 26.7 Å². The van der Waals surface area contributed by atoms with E-state index in [2.05, 4.69) is 35.1 Å². The lowest BCUT2D eigenvalue weighted by Crippen LogP contribution is -2.26. The molecule has 1 aromatic heterocycles. The van der Waals surface area contributed by atoms with E-state index >= 15 is 0 Å². The summed E-state index contributed by atoms with van der Waals surface area (Å²) < 4.78 is 1.20. The Morgan fingerprint density at radius 1 is 1.30 bits per heavy atom. The predicted molar refractivity (Wildman–Crippen MR) is 86.9 cm³/mol. The molecule has 0 unspecified atom stereocenters. The molecule has 1 fully saturated rings. The van der Waals surface area contributed by atoms with E-state index in [1.807, 2.05) is 0 Å². The summed E-state index contributed by atoms with van der Waals surface area (Å²) in [4.78, 5) is 6.77. The zero-order valence-corrected chi connectivity index (χ0v) is 13.0. The topological polar surface area (TPSA) is 42.2 Å². The fraction of sp³-hybridized carbons (Fsp3) is 0.562. The smallest absolute Gasteiger partial charge is 0.181 e. The van der Waals surface area contributed by atoms with Gasteiger partial charge in [0, 0.05) is 13.1 Å². The van der Waals surface area contributed by atoms with Gasteiger partial charge in [0.05, 0.1) is 10.2 Å². The molecule has 0 aliphatic heterocycles. The summed E-state index contributed by atoms with van der Waals surface area (Å²) in [5.41, 5.74) is 8.14. The number of hydrogen-bond donors (Lipinski definition) is 1. The van der Waals surface area contributed by atoms with E-state index in [9.17, 15) is 0 Å². The molecule has 1 saturated carbocycles. The van der Waals surface area contributed by atoms with Crippen LogP contribution in [-0.2, 0) is 6.54 Å². The van der Waals surface area contributed by atoms with Crippen LogP contribution in [-0.4, -0.2) is 23.5 Å². The number of nitrogens with two attached hydrogens (primary N) is 1. The molecular formula is C16H23N3S. The lowest BCUT2D eigenvalue weighted by molar-refractivity contribution is 0.228. The van der Waals surface area contributed by atoms with E-state index in [4.69, 9.17) is 5.73 Å². The summed E-state index contributed by atoms with van der Waals surface area (Å²) in [6, 6.07) is 6.51. The van der Waals surface area contributed by atoms with E-state index in [0.717, 1.165) is 18.0 Å². The van der Waals surface area contributed by atoms with Crippen LogP contribution in [0.5, 0.6) is 0 Å². The van der Waals surface area contributed by atoms with E-state index in [-0.39, 0.29) is 0 Å². The number of anilines is 1.